The van der Waals surface area contributed by atoms with E-state index in [1.807, 2.05) is 30.3 Å². The van der Waals surface area contributed by atoms with Crippen LogP contribution in [0.15, 0.2) is 30.3 Å². The third kappa shape index (κ3) is 4.96. The summed E-state index contributed by atoms with van der Waals surface area (Å²) in [4.78, 5) is 23.8. The number of ether oxygens (including phenoxy) is 2. The molecule has 4 nitrogen and oxygen atoms in total. The van der Waals surface area contributed by atoms with Gasteiger partial charge < -0.3 is 9.47 Å². The molecule has 110 valence electrons. The number of carbonyl (C=O) groups excluding carboxylic acids is 2. The van der Waals surface area contributed by atoms with Gasteiger partial charge in [-0.1, -0.05) is 46.3 Å². The largest absolute Gasteiger partial charge is 0.466 e. The molecule has 0 N–H and O–H groups in total. The molecule has 1 aromatic carbocycles. The molecule has 0 radical (unpaired) electrons. The van der Waals surface area contributed by atoms with Crippen molar-refractivity contribution in [3.63, 3.8) is 0 Å². The van der Waals surface area contributed by atoms with Crippen LogP contribution >= 0.6 is 15.9 Å². The van der Waals surface area contributed by atoms with E-state index in [-0.39, 0.29) is 19.6 Å². The summed E-state index contributed by atoms with van der Waals surface area (Å²) < 4.78 is 8.90. The Morgan fingerprint density at radius 1 is 1.10 bits per heavy atom. The Morgan fingerprint density at radius 3 is 2.25 bits per heavy atom. The van der Waals surface area contributed by atoms with Crippen LogP contribution in [0.25, 0.3) is 0 Å². The van der Waals surface area contributed by atoms with Gasteiger partial charge in [-0.2, -0.15) is 0 Å². The van der Waals surface area contributed by atoms with Crippen LogP contribution in [0.5, 0.6) is 0 Å². The van der Waals surface area contributed by atoms with Gasteiger partial charge in [-0.15, -0.1) is 0 Å². The Morgan fingerprint density at radius 2 is 1.70 bits per heavy atom. The molecule has 0 aromatic heterocycles. The number of hydrogen-bond acceptors (Lipinski definition) is 4. The Balaban J connectivity index is 2.88. The number of benzene rings is 1. The molecule has 0 aliphatic rings. The molecule has 0 amide bonds. The zero-order chi connectivity index (χ0) is 15.0. The highest BCUT2D eigenvalue weighted by Gasteiger charge is 2.40. The predicted molar refractivity (Wildman–Crippen MR) is 79.7 cm³/mol. The monoisotopic (exact) mass is 342 g/mol. The SMILES string of the molecule is CCOC(=O)C[C@](Br)(Cc1ccccc1)C(=O)OCC. The standard InChI is InChI=1S/C15H19BrO4/c1-3-19-13(17)11-15(16,14(18)20-4-2)10-12-8-6-5-7-9-12/h5-9H,3-4,10-11H2,1-2H3/t15-/m1/s1. The molecule has 1 rings (SSSR count). The Bertz CT molecular complexity index is 446. The van der Waals surface area contributed by atoms with Crippen molar-refractivity contribution in [3.8, 4) is 0 Å². The molecule has 1 aromatic rings. The number of esters is 2. The second-order valence-electron chi connectivity index (χ2n) is 4.33. The van der Waals surface area contributed by atoms with Crippen LogP contribution in [0, 0.1) is 0 Å². The summed E-state index contributed by atoms with van der Waals surface area (Å²) in [6.07, 6.45) is 0.306. The second kappa shape index (κ2) is 8.04. The van der Waals surface area contributed by atoms with E-state index in [1.165, 1.54) is 0 Å². The first-order valence-electron chi connectivity index (χ1n) is 6.57. The van der Waals surface area contributed by atoms with Crippen molar-refractivity contribution in [2.24, 2.45) is 0 Å². The summed E-state index contributed by atoms with van der Waals surface area (Å²) in [5.41, 5.74) is 0.946. The Hall–Kier alpha value is -1.36. The number of alkyl halides is 1. The summed E-state index contributed by atoms with van der Waals surface area (Å²) >= 11 is 3.38. The first-order valence-corrected chi connectivity index (χ1v) is 7.36. The van der Waals surface area contributed by atoms with E-state index in [9.17, 15) is 9.59 Å². The highest BCUT2D eigenvalue weighted by atomic mass is 79.9. The fraction of sp³-hybridized carbons (Fsp3) is 0.467. The van der Waals surface area contributed by atoms with Crippen LogP contribution in [0.1, 0.15) is 25.8 Å². The summed E-state index contributed by atoms with van der Waals surface area (Å²) in [6.45, 7) is 4.02. The summed E-state index contributed by atoms with van der Waals surface area (Å²) in [5, 5.41) is 0. The summed E-state index contributed by atoms with van der Waals surface area (Å²) in [7, 11) is 0. The number of hydrogen-bond donors (Lipinski definition) is 0. The molecule has 0 heterocycles. The molecule has 1 atom stereocenters. The van der Waals surface area contributed by atoms with Crippen LogP contribution in [-0.4, -0.2) is 29.5 Å². The van der Waals surface area contributed by atoms with Crippen LogP contribution in [0.3, 0.4) is 0 Å². The number of rotatable bonds is 7. The maximum Gasteiger partial charge on any atom is 0.323 e. The van der Waals surface area contributed by atoms with Gasteiger partial charge in [-0.3, -0.25) is 9.59 Å². The quantitative estimate of drug-likeness (QED) is 0.564. The average molecular weight is 343 g/mol. The van der Waals surface area contributed by atoms with Crippen LogP contribution in [0.2, 0.25) is 0 Å². The van der Waals surface area contributed by atoms with Gasteiger partial charge >= 0.3 is 11.9 Å². The molecule has 0 bridgehead atoms. The lowest BCUT2D eigenvalue weighted by atomic mass is 9.96. The van der Waals surface area contributed by atoms with Crippen molar-refractivity contribution in [1.29, 1.82) is 0 Å². The van der Waals surface area contributed by atoms with Gasteiger partial charge in [0.15, 0.2) is 0 Å². The fourth-order valence-electron chi connectivity index (χ4n) is 1.83. The van der Waals surface area contributed by atoms with Gasteiger partial charge in [0.25, 0.3) is 0 Å². The van der Waals surface area contributed by atoms with E-state index in [0.29, 0.717) is 6.42 Å². The fourth-order valence-corrected chi connectivity index (χ4v) is 2.49. The van der Waals surface area contributed by atoms with E-state index in [2.05, 4.69) is 15.9 Å². The number of halogens is 1. The normalized spacial score (nSPS) is 13.3. The minimum Gasteiger partial charge on any atom is -0.466 e. The smallest absolute Gasteiger partial charge is 0.323 e. The third-order valence-electron chi connectivity index (χ3n) is 2.70. The van der Waals surface area contributed by atoms with Gasteiger partial charge in [-0.05, 0) is 25.8 Å². The van der Waals surface area contributed by atoms with Crippen molar-refractivity contribution in [2.45, 2.75) is 31.0 Å². The van der Waals surface area contributed by atoms with Crippen molar-refractivity contribution < 1.29 is 19.1 Å². The van der Waals surface area contributed by atoms with Gasteiger partial charge in [0.1, 0.15) is 4.32 Å². The summed E-state index contributed by atoms with van der Waals surface area (Å²) in [5.74, 6) is -0.870. The molecule has 0 fully saturated rings. The van der Waals surface area contributed by atoms with E-state index in [0.717, 1.165) is 5.56 Å². The highest BCUT2D eigenvalue weighted by molar-refractivity contribution is 9.10. The van der Waals surface area contributed by atoms with Gasteiger partial charge in [0.2, 0.25) is 0 Å². The first-order chi connectivity index (χ1) is 9.51. The first kappa shape index (κ1) is 16.7. The lowest BCUT2D eigenvalue weighted by Gasteiger charge is -2.24. The van der Waals surface area contributed by atoms with Crippen LogP contribution in [-0.2, 0) is 25.5 Å². The molecule has 5 heteroatoms. The van der Waals surface area contributed by atoms with E-state index in [1.54, 1.807) is 13.8 Å². The zero-order valence-corrected chi connectivity index (χ0v) is 13.3. The van der Waals surface area contributed by atoms with E-state index in [4.69, 9.17) is 9.47 Å². The van der Waals surface area contributed by atoms with E-state index >= 15 is 0 Å². The van der Waals surface area contributed by atoms with E-state index < -0.39 is 16.3 Å². The van der Waals surface area contributed by atoms with Gasteiger partial charge in [-0.25, -0.2) is 0 Å². The minimum absolute atomic E-state index is 0.0609. The molecule has 0 aliphatic carbocycles. The molecule has 0 saturated heterocycles. The van der Waals surface area contributed by atoms with Crippen molar-refractivity contribution in [3.05, 3.63) is 35.9 Å². The zero-order valence-electron chi connectivity index (χ0n) is 11.7. The maximum atomic E-state index is 12.1. The average Bonchev–Trinajstić information content (AvgIpc) is 2.40. The van der Waals surface area contributed by atoms with Gasteiger partial charge in [0.05, 0.1) is 19.6 Å². The number of carbonyl (C=O) groups is 2. The Labute approximate surface area is 127 Å². The predicted octanol–water partition coefficient (Wildman–Crippen LogP) is 2.88. The van der Waals surface area contributed by atoms with Crippen LogP contribution in [0.4, 0.5) is 0 Å². The molecule has 0 spiro atoms. The Kier molecular flexibility index (Phi) is 6.71. The van der Waals surface area contributed by atoms with Gasteiger partial charge in [0, 0.05) is 0 Å². The van der Waals surface area contributed by atoms with Crippen molar-refractivity contribution >= 4 is 27.9 Å². The molecular formula is C15H19BrO4. The lowest BCUT2D eigenvalue weighted by Crippen LogP contribution is -2.39. The molecule has 0 aliphatic heterocycles. The third-order valence-corrected chi connectivity index (χ3v) is 3.58. The molecular weight excluding hydrogens is 324 g/mol. The molecule has 20 heavy (non-hydrogen) atoms. The lowest BCUT2D eigenvalue weighted by molar-refractivity contribution is -0.152. The van der Waals surface area contributed by atoms with Crippen molar-refractivity contribution in [1.82, 2.24) is 0 Å². The van der Waals surface area contributed by atoms with Crippen molar-refractivity contribution in [2.75, 3.05) is 13.2 Å². The molecule has 0 unspecified atom stereocenters. The maximum absolute atomic E-state index is 12.1. The second-order valence-corrected chi connectivity index (χ2v) is 5.85. The molecule has 0 saturated carbocycles. The minimum atomic E-state index is -1.09. The topological polar surface area (TPSA) is 52.6 Å². The highest BCUT2D eigenvalue weighted by Crippen LogP contribution is 2.30. The van der Waals surface area contributed by atoms with Crippen LogP contribution < -0.4 is 0 Å². The summed E-state index contributed by atoms with van der Waals surface area (Å²) in [6, 6.07) is 9.48.